The van der Waals surface area contributed by atoms with Crippen molar-refractivity contribution < 1.29 is 9.90 Å². The molecule has 0 heterocycles. The summed E-state index contributed by atoms with van der Waals surface area (Å²) in [4.78, 5) is 10.8. The zero-order valence-electron chi connectivity index (χ0n) is 8.95. The molecule has 15 heavy (non-hydrogen) atoms. The van der Waals surface area contributed by atoms with Crippen molar-refractivity contribution in [3.05, 3.63) is 24.3 Å². The molecular formula is C11H16N2O2. The van der Waals surface area contributed by atoms with Crippen molar-refractivity contribution in [1.82, 2.24) is 0 Å². The lowest BCUT2D eigenvalue weighted by Crippen LogP contribution is -2.15. The number of amides is 1. The van der Waals surface area contributed by atoms with E-state index in [0.29, 0.717) is 6.54 Å². The van der Waals surface area contributed by atoms with Crippen LogP contribution in [0.3, 0.4) is 0 Å². The molecule has 0 saturated heterocycles. The summed E-state index contributed by atoms with van der Waals surface area (Å²) in [5, 5.41) is 14.8. The highest BCUT2D eigenvalue weighted by molar-refractivity contribution is 5.88. The molecule has 3 N–H and O–H groups in total. The van der Waals surface area contributed by atoms with Gasteiger partial charge >= 0.3 is 0 Å². The smallest absolute Gasteiger partial charge is 0.221 e. The fourth-order valence-corrected chi connectivity index (χ4v) is 1.14. The van der Waals surface area contributed by atoms with E-state index in [9.17, 15) is 4.79 Å². The summed E-state index contributed by atoms with van der Waals surface area (Å²) < 4.78 is 0. The Bertz CT molecular complexity index is 320. The van der Waals surface area contributed by atoms with E-state index in [1.807, 2.05) is 24.3 Å². The molecule has 0 spiro atoms. The van der Waals surface area contributed by atoms with Gasteiger partial charge in [0, 0.05) is 24.8 Å². The van der Waals surface area contributed by atoms with Gasteiger partial charge in [0.2, 0.25) is 5.91 Å². The summed E-state index contributed by atoms with van der Waals surface area (Å²) in [7, 11) is 0. The predicted octanol–water partition coefficient (Wildman–Crippen LogP) is 1.44. The Labute approximate surface area is 89.3 Å². The Morgan fingerprint density at radius 1 is 1.33 bits per heavy atom. The van der Waals surface area contributed by atoms with Crippen LogP contribution < -0.4 is 10.6 Å². The molecule has 0 aromatic heterocycles. The van der Waals surface area contributed by atoms with Gasteiger partial charge < -0.3 is 15.7 Å². The summed E-state index contributed by atoms with van der Waals surface area (Å²) in [6.07, 6.45) is -0.375. The van der Waals surface area contributed by atoms with Gasteiger partial charge in [0.25, 0.3) is 0 Å². The zero-order valence-corrected chi connectivity index (χ0v) is 8.95. The summed E-state index contributed by atoms with van der Waals surface area (Å²) >= 11 is 0. The second-order valence-corrected chi connectivity index (χ2v) is 3.49. The summed E-state index contributed by atoms with van der Waals surface area (Å²) in [6.45, 7) is 3.71. The molecule has 4 heteroatoms. The normalized spacial score (nSPS) is 11.9. The zero-order chi connectivity index (χ0) is 11.3. The molecular weight excluding hydrogens is 192 g/mol. The highest BCUT2D eigenvalue weighted by atomic mass is 16.3. The van der Waals surface area contributed by atoms with Gasteiger partial charge in [-0.25, -0.2) is 0 Å². The third kappa shape index (κ3) is 4.46. The fraction of sp³-hybridized carbons (Fsp3) is 0.364. The van der Waals surface area contributed by atoms with Crippen LogP contribution in [0.2, 0.25) is 0 Å². The first-order chi connectivity index (χ1) is 7.08. The van der Waals surface area contributed by atoms with Crippen LogP contribution in [0.5, 0.6) is 0 Å². The molecule has 0 bridgehead atoms. The van der Waals surface area contributed by atoms with Gasteiger partial charge in [-0.3, -0.25) is 4.79 Å². The van der Waals surface area contributed by atoms with Gasteiger partial charge in [-0.2, -0.15) is 0 Å². The van der Waals surface area contributed by atoms with Gasteiger partial charge in [-0.05, 0) is 31.2 Å². The molecule has 4 nitrogen and oxygen atoms in total. The van der Waals surface area contributed by atoms with Crippen molar-refractivity contribution in [1.29, 1.82) is 0 Å². The SMILES string of the molecule is CC(=O)Nc1ccc(NC[C@H](C)O)cc1. The molecule has 1 aromatic carbocycles. The lowest BCUT2D eigenvalue weighted by Gasteiger charge is -2.09. The predicted molar refractivity (Wildman–Crippen MR) is 60.9 cm³/mol. The Kier molecular flexibility index (Phi) is 4.12. The van der Waals surface area contributed by atoms with Crippen LogP contribution in [0.15, 0.2) is 24.3 Å². The van der Waals surface area contributed by atoms with E-state index in [1.54, 1.807) is 6.92 Å². The molecule has 0 unspecified atom stereocenters. The maximum atomic E-state index is 10.8. The highest BCUT2D eigenvalue weighted by Gasteiger charge is 1.97. The number of rotatable bonds is 4. The average molecular weight is 208 g/mol. The number of aliphatic hydroxyl groups excluding tert-OH is 1. The Morgan fingerprint density at radius 2 is 1.87 bits per heavy atom. The second kappa shape index (κ2) is 5.36. The van der Waals surface area contributed by atoms with Crippen LogP contribution in [0.25, 0.3) is 0 Å². The van der Waals surface area contributed by atoms with Gasteiger partial charge in [-0.15, -0.1) is 0 Å². The van der Waals surface area contributed by atoms with Crippen molar-refractivity contribution in [2.75, 3.05) is 17.2 Å². The standard InChI is InChI=1S/C11H16N2O2/c1-8(14)7-12-10-3-5-11(6-4-10)13-9(2)15/h3-6,8,12,14H,7H2,1-2H3,(H,13,15)/t8-/m0/s1. The number of hydrogen-bond donors (Lipinski definition) is 3. The molecule has 0 aliphatic carbocycles. The first-order valence-corrected chi connectivity index (χ1v) is 4.87. The van der Waals surface area contributed by atoms with E-state index in [0.717, 1.165) is 11.4 Å². The Morgan fingerprint density at radius 3 is 2.33 bits per heavy atom. The van der Waals surface area contributed by atoms with Crippen LogP contribution in [0.4, 0.5) is 11.4 Å². The maximum Gasteiger partial charge on any atom is 0.221 e. The minimum absolute atomic E-state index is 0.0836. The summed E-state index contributed by atoms with van der Waals surface area (Å²) in [6, 6.07) is 7.33. The van der Waals surface area contributed by atoms with E-state index in [4.69, 9.17) is 5.11 Å². The minimum Gasteiger partial charge on any atom is -0.392 e. The van der Waals surface area contributed by atoms with Crippen molar-refractivity contribution in [3.8, 4) is 0 Å². The Hall–Kier alpha value is -1.55. The quantitative estimate of drug-likeness (QED) is 0.701. The van der Waals surface area contributed by atoms with Gasteiger partial charge in [0.1, 0.15) is 0 Å². The molecule has 1 aromatic rings. The lowest BCUT2D eigenvalue weighted by atomic mass is 10.2. The van der Waals surface area contributed by atoms with E-state index in [1.165, 1.54) is 6.92 Å². The van der Waals surface area contributed by atoms with E-state index < -0.39 is 0 Å². The number of nitrogens with one attached hydrogen (secondary N) is 2. The average Bonchev–Trinajstić information content (AvgIpc) is 2.16. The number of carbonyl (C=O) groups is 1. The number of carbonyl (C=O) groups excluding carboxylic acids is 1. The lowest BCUT2D eigenvalue weighted by molar-refractivity contribution is -0.114. The highest BCUT2D eigenvalue weighted by Crippen LogP contribution is 2.13. The maximum absolute atomic E-state index is 10.8. The summed E-state index contributed by atoms with van der Waals surface area (Å²) in [5.41, 5.74) is 1.69. The Balaban J connectivity index is 2.52. The molecule has 0 radical (unpaired) electrons. The first kappa shape index (κ1) is 11.5. The molecule has 1 amide bonds. The van der Waals surface area contributed by atoms with Crippen LogP contribution in [-0.2, 0) is 4.79 Å². The van der Waals surface area contributed by atoms with Crippen LogP contribution in [0, 0.1) is 0 Å². The number of benzene rings is 1. The first-order valence-electron chi connectivity index (χ1n) is 4.87. The topological polar surface area (TPSA) is 61.4 Å². The molecule has 0 aliphatic heterocycles. The van der Waals surface area contributed by atoms with E-state index in [2.05, 4.69) is 10.6 Å². The molecule has 0 fully saturated rings. The number of anilines is 2. The van der Waals surface area contributed by atoms with Crippen LogP contribution in [0.1, 0.15) is 13.8 Å². The third-order valence-electron chi connectivity index (χ3n) is 1.81. The number of aliphatic hydroxyl groups is 1. The monoisotopic (exact) mass is 208 g/mol. The van der Waals surface area contributed by atoms with E-state index >= 15 is 0 Å². The molecule has 0 saturated carbocycles. The van der Waals surface area contributed by atoms with Crippen molar-refractivity contribution in [2.45, 2.75) is 20.0 Å². The van der Waals surface area contributed by atoms with Gasteiger partial charge in [0.15, 0.2) is 0 Å². The minimum atomic E-state index is -0.375. The third-order valence-corrected chi connectivity index (χ3v) is 1.81. The van der Waals surface area contributed by atoms with Crippen molar-refractivity contribution in [3.63, 3.8) is 0 Å². The van der Waals surface area contributed by atoms with Crippen molar-refractivity contribution in [2.24, 2.45) is 0 Å². The van der Waals surface area contributed by atoms with Crippen LogP contribution in [-0.4, -0.2) is 23.7 Å². The summed E-state index contributed by atoms with van der Waals surface area (Å²) in [5.74, 6) is -0.0836. The largest absolute Gasteiger partial charge is 0.392 e. The fourth-order valence-electron chi connectivity index (χ4n) is 1.14. The number of hydrogen-bond acceptors (Lipinski definition) is 3. The van der Waals surface area contributed by atoms with Gasteiger partial charge in [0.05, 0.1) is 6.10 Å². The van der Waals surface area contributed by atoms with Crippen molar-refractivity contribution >= 4 is 17.3 Å². The molecule has 1 rings (SSSR count). The van der Waals surface area contributed by atoms with Gasteiger partial charge in [-0.1, -0.05) is 0 Å². The van der Waals surface area contributed by atoms with E-state index in [-0.39, 0.29) is 12.0 Å². The molecule has 82 valence electrons. The van der Waals surface area contributed by atoms with Crippen LogP contribution >= 0.6 is 0 Å². The second-order valence-electron chi connectivity index (χ2n) is 3.49. The molecule has 0 aliphatic rings. The molecule has 1 atom stereocenters.